The number of amides is 2. The first kappa shape index (κ1) is 23.5. The van der Waals surface area contributed by atoms with E-state index in [1.807, 2.05) is 62.4 Å². The van der Waals surface area contributed by atoms with Gasteiger partial charge in [-0.3, -0.25) is 9.59 Å². The summed E-state index contributed by atoms with van der Waals surface area (Å²) in [5.41, 5.74) is 3.36. The molecule has 0 fully saturated rings. The normalized spacial score (nSPS) is 12.2. The van der Waals surface area contributed by atoms with Crippen LogP contribution in [-0.4, -0.2) is 36.4 Å². The molecule has 2 aromatic carbocycles. The molecule has 2 amide bonds. The van der Waals surface area contributed by atoms with E-state index in [0.29, 0.717) is 18.7 Å². The van der Waals surface area contributed by atoms with E-state index in [-0.39, 0.29) is 23.8 Å². The van der Waals surface area contributed by atoms with Gasteiger partial charge in [-0.2, -0.15) is 0 Å². The van der Waals surface area contributed by atoms with Crippen LogP contribution in [0.3, 0.4) is 0 Å². The summed E-state index contributed by atoms with van der Waals surface area (Å²) in [6, 6.07) is 15.2. The molecule has 0 aromatic heterocycles. The zero-order valence-corrected chi connectivity index (χ0v) is 19.0. The molecule has 162 valence electrons. The number of hydrogen-bond donors (Lipinski definition) is 1. The minimum atomic E-state index is -0.547. The van der Waals surface area contributed by atoms with Crippen molar-refractivity contribution in [2.24, 2.45) is 0 Å². The van der Waals surface area contributed by atoms with E-state index >= 15 is 0 Å². The third-order valence-corrected chi connectivity index (χ3v) is 5.32. The number of carbonyl (C=O) groups excluding carboxylic acids is 2. The van der Waals surface area contributed by atoms with Crippen molar-refractivity contribution in [2.45, 2.75) is 59.0 Å². The molecule has 0 spiro atoms. The Morgan fingerprint density at radius 1 is 1.07 bits per heavy atom. The van der Waals surface area contributed by atoms with Gasteiger partial charge in [0.1, 0.15) is 11.8 Å². The summed E-state index contributed by atoms with van der Waals surface area (Å²) in [6.07, 6.45) is 0.525. The highest BCUT2D eigenvalue weighted by molar-refractivity contribution is 5.88. The van der Waals surface area contributed by atoms with Crippen LogP contribution in [0.5, 0.6) is 5.75 Å². The van der Waals surface area contributed by atoms with Gasteiger partial charge < -0.3 is 15.0 Å². The summed E-state index contributed by atoms with van der Waals surface area (Å²) >= 11 is 0. The first-order valence-electron chi connectivity index (χ1n) is 10.5. The lowest BCUT2D eigenvalue weighted by atomic mass is 9.87. The fraction of sp³-hybridized carbons (Fsp3) is 0.440. The quantitative estimate of drug-likeness (QED) is 0.709. The van der Waals surface area contributed by atoms with Crippen molar-refractivity contribution in [1.82, 2.24) is 10.2 Å². The highest BCUT2D eigenvalue weighted by Gasteiger charge is 2.28. The average Bonchev–Trinajstić information content (AvgIpc) is 2.72. The van der Waals surface area contributed by atoms with Gasteiger partial charge >= 0.3 is 0 Å². The molecule has 0 aliphatic rings. The first-order chi connectivity index (χ1) is 14.2. The summed E-state index contributed by atoms with van der Waals surface area (Å²) in [7, 11) is 1.59. The van der Waals surface area contributed by atoms with E-state index in [0.717, 1.165) is 11.1 Å². The Kier molecular flexibility index (Phi) is 8.04. The minimum Gasteiger partial charge on any atom is -0.484 e. The van der Waals surface area contributed by atoms with Crippen molar-refractivity contribution in [3.63, 3.8) is 0 Å². The van der Waals surface area contributed by atoms with Crippen LogP contribution in [-0.2, 0) is 21.5 Å². The Balaban J connectivity index is 2.17. The van der Waals surface area contributed by atoms with E-state index < -0.39 is 6.04 Å². The molecule has 0 radical (unpaired) electrons. The van der Waals surface area contributed by atoms with E-state index in [1.54, 1.807) is 11.9 Å². The van der Waals surface area contributed by atoms with Gasteiger partial charge in [-0.25, -0.2) is 0 Å². The number of ether oxygens (including phenoxy) is 1. The minimum absolute atomic E-state index is 0.0561. The molecule has 0 saturated heterocycles. The van der Waals surface area contributed by atoms with Crippen LogP contribution in [0.1, 0.15) is 50.8 Å². The van der Waals surface area contributed by atoms with Crippen LogP contribution in [0.15, 0.2) is 48.5 Å². The largest absolute Gasteiger partial charge is 0.484 e. The Morgan fingerprint density at radius 2 is 1.70 bits per heavy atom. The second kappa shape index (κ2) is 10.3. The fourth-order valence-electron chi connectivity index (χ4n) is 3.34. The summed E-state index contributed by atoms with van der Waals surface area (Å²) in [5, 5.41) is 2.67. The van der Waals surface area contributed by atoms with E-state index in [2.05, 4.69) is 26.1 Å². The molecule has 0 saturated carbocycles. The highest BCUT2D eigenvalue weighted by Crippen LogP contribution is 2.24. The zero-order valence-electron chi connectivity index (χ0n) is 19.0. The third kappa shape index (κ3) is 6.09. The molecule has 1 atom stereocenters. The predicted octanol–water partition coefficient (Wildman–Crippen LogP) is 4.22. The van der Waals surface area contributed by atoms with Crippen LogP contribution in [0.4, 0.5) is 0 Å². The van der Waals surface area contributed by atoms with Crippen LogP contribution in [0.2, 0.25) is 0 Å². The molecule has 1 N–H and O–H groups in total. The molecule has 1 unspecified atom stereocenters. The second-order valence-corrected chi connectivity index (χ2v) is 8.55. The van der Waals surface area contributed by atoms with Crippen molar-refractivity contribution < 1.29 is 14.3 Å². The first-order valence-corrected chi connectivity index (χ1v) is 10.5. The number of hydrogen-bond acceptors (Lipinski definition) is 3. The van der Waals surface area contributed by atoms with Crippen molar-refractivity contribution in [3.8, 4) is 5.75 Å². The number of likely N-dealkylation sites (N-methyl/N-ethyl adjacent to an activating group) is 1. The maximum atomic E-state index is 13.1. The van der Waals surface area contributed by atoms with Gasteiger partial charge in [-0.1, -0.05) is 64.1 Å². The van der Waals surface area contributed by atoms with Crippen LogP contribution in [0.25, 0.3) is 0 Å². The number of nitrogens with one attached hydrogen (secondary N) is 1. The molecular weight excluding hydrogens is 376 g/mol. The molecular formula is C25H34N2O3. The molecule has 0 aliphatic heterocycles. The van der Waals surface area contributed by atoms with Gasteiger partial charge in [-0.05, 0) is 47.6 Å². The van der Waals surface area contributed by atoms with E-state index in [1.165, 1.54) is 5.56 Å². The van der Waals surface area contributed by atoms with E-state index in [9.17, 15) is 9.59 Å². The number of nitrogens with zero attached hydrogens (tertiary/aromatic N) is 1. The van der Waals surface area contributed by atoms with E-state index in [4.69, 9.17) is 4.74 Å². The molecule has 5 nitrogen and oxygen atoms in total. The molecule has 2 aromatic rings. The maximum Gasteiger partial charge on any atom is 0.261 e. The number of carbonyl (C=O) groups is 2. The molecule has 0 bridgehead atoms. The Hall–Kier alpha value is -2.82. The summed E-state index contributed by atoms with van der Waals surface area (Å²) < 4.78 is 5.77. The summed E-state index contributed by atoms with van der Waals surface area (Å²) in [5.74, 6) is 0.253. The maximum absolute atomic E-state index is 13.1. The highest BCUT2D eigenvalue weighted by atomic mass is 16.5. The van der Waals surface area contributed by atoms with Gasteiger partial charge in [0.05, 0.1) is 0 Å². The predicted molar refractivity (Wildman–Crippen MR) is 121 cm³/mol. The van der Waals surface area contributed by atoms with Crippen molar-refractivity contribution in [1.29, 1.82) is 0 Å². The molecule has 0 aliphatic carbocycles. The lowest BCUT2D eigenvalue weighted by Crippen LogP contribution is -2.49. The van der Waals surface area contributed by atoms with Crippen molar-refractivity contribution in [2.75, 3.05) is 13.7 Å². The molecule has 30 heavy (non-hydrogen) atoms. The molecule has 5 heteroatoms. The standard InChI is InChI=1S/C25H34N2O3/c1-7-22(24(29)26-6)27(16-19-11-9-8-10-18(19)2)23(28)17-30-21-14-12-20(13-15-21)25(3,4)5/h8-15,22H,7,16-17H2,1-6H3,(H,26,29). The monoisotopic (exact) mass is 410 g/mol. The van der Waals surface area contributed by atoms with Crippen LogP contribution in [0, 0.1) is 6.92 Å². The Labute approximate surface area is 180 Å². The van der Waals surface area contributed by atoms with Gasteiger partial charge in [0, 0.05) is 13.6 Å². The lowest BCUT2D eigenvalue weighted by Gasteiger charge is -2.30. The number of benzene rings is 2. The molecule has 0 heterocycles. The number of aryl methyl sites for hydroxylation is 1. The molecule has 2 rings (SSSR count). The van der Waals surface area contributed by atoms with Crippen LogP contribution >= 0.6 is 0 Å². The zero-order chi connectivity index (χ0) is 22.3. The van der Waals surface area contributed by atoms with Crippen molar-refractivity contribution >= 4 is 11.8 Å². The van der Waals surface area contributed by atoms with Gasteiger partial charge in [-0.15, -0.1) is 0 Å². The average molecular weight is 411 g/mol. The van der Waals surface area contributed by atoms with Gasteiger partial charge in [0.25, 0.3) is 5.91 Å². The third-order valence-electron chi connectivity index (χ3n) is 5.32. The summed E-state index contributed by atoms with van der Waals surface area (Å²) in [4.78, 5) is 27.1. The topological polar surface area (TPSA) is 58.6 Å². The Morgan fingerprint density at radius 3 is 2.23 bits per heavy atom. The lowest BCUT2D eigenvalue weighted by molar-refractivity contribution is -0.142. The number of rotatable bonds is 8. The van der Waals surface area contributed by atoms with Gasteiger partial charge in [0.2, 0.25) is 5.91 Å². The SMILES string of the molecule is CCC(C(=O)NC)N(Cc1ccccc1C)C(=O)COc1ccc(C(C)(C)C)cc1. The second-order valence-electron chi connectivity index (χ2n) is 8.55. The fourth-order valence-corrected chi connectivity index (χ4v) is 3.34. The summed E-state index contributed by atoms with van der Waals surface area (Å²) in [6.45, 7) is 10.6. The smallest absolute Gasteiger partial charge is 0.261 e. The van der Waals surface area contributed by atoms with Gasteiger partial charge in [0.15, 0.2) is 6.61 Å². The van der Waals surface area contributed by atoms with Crippen molar-refractivity contribution in [3.05, 3.63) is 65.2 Å². The Bertz CT molecular complexity index is 853. The van der Waals surface area contributed by atoms with Crippen LogP contribution < -0.4 is 10.1 Å².